The van der Waals surface area contributed by atoms with Crippen LogP contribution in [0.2, 0.25) is 10.0 Å². The normalized spacial score (nSPS) is 11.7. The number of hydrazone groups is 1. The number of amides is 1. The largest absolute Gasteiger partial charge is 0.314 e. The van der Waals surface area contributed by atoms with Gasteiger partial charge in [-0.3, -0.25) is 4.79 Å². The first-order valence-electron chi connectivity index (χ1n) is 9.92. The van der Waals surface area contributed by atoms with Gasteiger partial charge in [0.05, 0.1) is 29.0 Å². The summed E-state index contributed by atoms with van der Waals surface area (Å²) in [4.78, 5) is 17.1. The van der Waals surface area contributed by atoms with Crippen LogP contribution in [0.3, 0.4) is 0 Å². The fourth-order valence-corrected chi connectivity index (χ4v) is 4.31. The molecule has 0 saturated heterocycles. The van der Waals surface area contributed by atoms with E-state index < -0.39 is 0 Å². The molecule has 1 aromatic heterocycles. The van der Waals surface area contributed by atoms with Gasteiger partial charge in [0.1, 0.15) is 0 Å². The number of nitrogens with zero attached hydrogens (tertiary/aromatic N) is 3. The van der Waals surface area contributed by atoms with Gasteiger partial charge in [0.25, 0.3) is 5.91 Å². The van der Waals surface area contributed by atoms with E-state index >= 15 is 0 Å². The van der Waals surface area contributed by atoms with E-state index in [9.17, 15) is 4.79 Å². The third-order valence-electron chi connectivity index (χ3n) is 4.85. The highest BCUT2D eigenvalue weighted by Crippen LogP contribution is 2.27. The maximum Gasteiger partial charge on any atom is 0.250 e. The molecule has 32 heavy (non-hydrogen) atoms. The van der Waals surface area contributed by atoms with Crippen molar-refractivity contribution in [3.8, 4) is 0 Å². The fraction of sp³-hybridized carbons (Fsp3) is 0.125. The smallest absolute Gasteiger partial charge is 0.250 e. The lowest BCUT2D eigenvalue weighted by Crippen LogP contribution is -2.21. The molecule has 3 aromatic carbocycles. The van der Waals surface area contributed by atoms with Crippen molar-refractivity contribution >= 4 is 57.6 Å². The summed E-state index contributed by atoms with van der Waals surface area (Å²) >= 11 is 13.7. The predicted octanol–water partition coefficient (Wildman–Crippen LogP) is 6.02. The fourth-order valence-electron chi connectivity index (χ4n) is 3.18. The number of hydrogen-bond donors (Lipinski definition) is 1. The maximum atomic E-state index is 12.4. The van der Waals surface area contributed by atoms with Crippen LogP contribution in [0.1, 0.15) is 18.1 Å². The SMILES string of the molecule is C/C(=N/NC(=O)CSc1nc2ccccc2n1Cc1ccccc1Cl)c1ccc(Cl)cc1. The minimum atomic E-state index is -0.209. The monoisotopic (exact) mass is 482 g/mol. The Morgan fingerprint density at radius 3 is 2.53 bits per heavy atom. The van der Waals surface area contributed by atoms with E-state index in [1.807, 2.05) is 67.6 Å². The lowest BCUT2D eigenvalue weighted by atomic mass is 10.1. The summed E-state index contributed by atoms with van der Waals surface area (Å²) in [5.41, 5.74) is 7.07. The number of halogens is 2. The number of nitrogens with one attached hydrogen (secondary N) is 1. The quantitative estimate of drug-likeness (QED) is 0.199. The van der Waals surface area contributed by atoms with Gasteiger partial charge in [0.2, 0.25) is 0 Å². The molecule has 0 spiro atoms. The number of aromatic nitrogens is 2. The van der Waals surface area contributed by atoms with Gasteiger partial charge < -0.3 is 4.57 Å². The van der Waals surface area contributed by atoms with Gasteiger partial charge >= 0.3 is 0 Å². The number of thioether (sulfide) groups is 1. The molecule has 1 heterocycles. The molecule has 5 nitrogen and oxygen atoms in total. The Labute approximate surface area is 200 Å². The minimum absolute atomic E-state index is 0.184. The molecule has 0 radical (unpaired) electrons. The zero-order valence-corrected chi connectivity index (χ0v) is 19.6. The van der Waals surface area contributed by atoms with Gasteiger partial charge in [-0.15, -0.1) is 0 Å². The van der Waals surface area contributed by atoms with Gasteiger partial charge in [-0.25, -0.2) is 10.4 Å². The maximum absolute atomic E-state index is 12.4. The highest BCUT2D eigenvalue weighted by atomic mass is 35.5. The summed E-state index contributed by atoms with van der Waals surface area (Å²) in [5, 5.41) is 6.30. The lowest BCUT2D eigenvalue weighted by Gasteiger charge is -2.10. The van der Waals surface area contributed by atoms with E-state index in [1.165, 1.54) is 11.8 Å². The number of carbonyl (C=O) groups is 1. The van der Waals surface area contributed by atoms with E-state index in [-0.39, 0.29) is 11.7 Å². The van der Waals surface area contributed by atoms with E-state index in [2.05, 4.69) is 15.1 Å². The molecule has 4 aromatic rings. The van der Waals surface area contributed by atoms with Crippen LogP contribution in [-0.2, 0) is 11.3 Å². The predicted molar refractivity (Wildman–Crippen MR) is 133 cm³/mol. The number of imidazole rings is 1. The number of rotatable bonds is 7. The standard InChI is InChI=1S/C24H20Cl2N4OS/c1-16(17-10-12-19(25)13-11-17)28-29-23(31)15-32-24-27-21-8-4-5-9-22(21)30(24)14-18-6-2-3-7-20(18)26/h2-13H,14-15H2,1H3,(H,29,31)/b28-16-. The van der Waals surface area contributed by atoms with Crippen LogP contribution in [-0.4, -0.2) is 26.9 Å². The average molecular weight is 483 g/mol. The highest BCUT2D eigenvalue weighted by Gasteiger charge is 2.14. The zero-order valence-electron chi connectivity index (χ0n) is 17.3. The first kappa shape index (κ1) is 22.4. The Hall–Kier alpha value is -2.80. The van der Waals surface area contributed by atoms with Crippen LogP contribution >= 0.6 is 35.0 Å². The second-order valence-corrected chi connectivity index (χ2v) is 8.87. The van der Waals surface area contributed by atoms with Crippen molar-refractivity contribution in [1.29, 1.82) is 0 Å². The van der Waals surface area contributed by atoms with Crippen LogP contribution < -0.4 is 5.43 Å². The van der Waals surface area contributed by atoms with Crippen molar-refractivity contribution in [3.05, 3.63) is 94.0 Å². The van der Waals surface area contributed by atoms with E-state index in [1.54, 1.807) is 12.1 Å². The van der Waals surface area contributed by atoms with Gasteiger partial charge in [-0.05, 0) is 48.4 Å². The molecule has 0 unspecified atom stereocenters. The molecule has 1 amide bonds. The Morgan fingerprint density at radius 1 is 1.03 bits per heavy atom. The first-order chi connectivity index (χ1) is 15.5. The number of carbonyl (C=O) groups excluding carboxylic acids is 1. The van der Waals surface area contributed by atoms with Crippen molar-refractivity contribution in [2.24, 2.45) is 5.10 Å². The lowest BCUT2D eigenvalue weighted by molar-refractivity contribution is -0.118. The molecule has 0 atom stereocenters. The van der Waals surface area contributed by atoms with Crippen LogP contribution in [0.15, 0.2) is 83.1 Å². The molecule has 0 aliphatic carbocycles. The highest BCUT2D eigenvalue weighted by molar-refractivity contribution is 7.99. The third-order valence-corrected chi connectivity index (χ3v) is 6.45. The molecule has 0 saturated carbocycles. The first-order valence-corrected chi connectivity index (χ1v) is 11.7. The van der Waals surface area contributed by atoms with Crippen molar-refractivity contribution in [2.45, 2.75) is 18.6 Å². The van der Waals surface area contributed by atoms with Crippen LogP contribution in [0.25, 0.3) is 11.0 Å². The van der Waals surface area contributed by atoms with Crippen molar-refractivity contribution in [3.63, 3.8) is 0 Å². The second kappa shape index (κ2) is 10.2. The Balaban J connectivity index is 1.48. The Bertz CT molecular complexity index is 1280. The molecule has 8 heteroatoms. The molecular weight excluding hydrogens is 463 g/mol. The number of fused-ring (bicyclic) bond motifs is 1. The molecule has 0 aliphatic heterocycles. The molecule has 162 valence electrons. The third kappa shape index (κ3) is 5.33. The van der Waals surface area contributed by atoms with Crippen molar-refractivity contribution in [1.82, 2.24) is 15.0 Å². The summed E-state index contributed by atoms with van der Waals surface area (Å²) in [6, 6.07) is 22.9. The van der Waals surface area contributed by atoms with Gasteiger partial charge in [0.15, 0.2) is 5.16 Å². The molecule has 0 aliphatic rings. The molecule has 0 bridgehead atoms. The van der Waals surface area contributed by atoms with E-state index in [0.29, 0.717) is 22.3 Å². The van der Waals surface area contributed by atoms with Crippen LogP contribution in [0.5, 0.6) is 0 Å². The van der Waals surface area contributed by atoms with Crippen molar-refractivity contribution < 1.29 is 4.79 Å². The number of hydrogen-bond acceptors (Lipinski definition) is 4. The van der Waals surface area contributed by atoms with Crippen molar-refractivity contribution in [2.75, 3.05) is 5.75 Å². The summed E-state index contributed by atoms with van der Waals surface area (Å²) in [5.74, 6) is -0.0249. The van der Waals surface area contributed by atoms with E-state index in [4.69, 9.17) is 28.2 Å². The summed E-state index contributed by atoms with van der Waals surface area (Å²) < 4.78 is 2.08. The van der Waals surface area contributed by atoms with Gasteiger partial charge in [-0.2, -0.15) is 5.10 Å². The summed E-state index contributed by atoms with van der Waals surface area (Å²) in [6.07, 6.45) is 0. The average Bonchev–Trinajstić information content (AvgIpc) is 3.15. The molecular formula is C24H20Cl2N4OS. The Morgan fingerprint density at radius 2 is 1.75 bits per heavy atom. The molecule has 4 rings (SSSR count). The number of para-hydroxylation sites is 2. The van der Waals surface area contributed by atoms with Crippen LogP contribution in [0.4, 0.5) is 0 Å². The topological polar surface area (TPSA) is 59.3 Å². The summed E-state index contributed by atoms with van der Waals surface area (Å²) in [7, 11) is 0. The molecule has 0 fully saturated rings. The van der Waals surface area contributed by atoms with Crippen LogP contribution in [0, 0.1) is 0 Å². The van der Waals surface area contributed by atoms with E-state index in [0.717, 1.165) is 27.3 Å². The Kier molecular flexibility index (Phi) is 7.15. The minimum Gasteiger partial charge on any atom is -0.314 e. The zero-order chi connectivity index (χ0) is 22.5. The number of benzene rings is 3. The molecule has 1 N–H and O–H groups in total. The van der Waals surface area contributed by atoms with Gasteiger partial charge in [0, 0.05) is 10.0 Å². The van der Waals surface area contributed by atoms with Gasteiger partial charge in [-0.1, -0.05) is 77.4 Å². The second-order valence-electron chi connectivity index (χ2n) is 7.09. The summed E-state index contributed by atoms with van der Waals surface area (Å²) in [6.45, 7) is 2.40.